The third kappa shape index (κ3) is 2.68. The Hall–Kier alpha value is -1.88. The number of hydrogen-bond acceptors (Lipinski definition) is 4. The van der Waals surface area contributed by atoms with Gasteiger partial charge in [0, 0.05) is 17.6 Å². The predicted octanol–water partition coefficient (Wildman–Crippen LogP) is 2.52. The van der Waals surface area contributed by atoms with Gasteiger partial charge in [0.1, 0.15) is 0 Å². The van der Waals surface area contributed by atoms with E-state index in [2.05, 4.69) is 10.3 Å². The van der Waals surface area contributed by atoms with Gasteiger partial charge < -0.3 is 11.1 Å². The molecule has 0 radical (unpaired) electrons. The number of hydrogen-bond donors (Lipinski definition) is 2. The fraction of sp³-hybridized carbons (Fsp3) is 0.231. The van der Waals surface area contributed by atoms with E-state index in [0.29, 0.717) is 11.3 Å². The Morgan fingerprint density at radius 2 is 2.33 bits per heavy atom. The van der Waals surface area contributed by atoms with Crippen LogP contribution in [0.2, 0.25) is 0 Å². The Bertz CT molecular complexity index is 551. The number of rotatable bonds is 3. The number of thiophene rings is 1. The fourth-order valence-electron chi connectivity index (χ4n) is 1.65. The molecule has 2 rings (SSSR count). The predicted molar refractivity (Wildman–Crippen MR) is 73.6 cm³/mol. The summed E-state index contributed by atoms with van der Waals surface area (Å²) in [6.07, 6.45) is 1.51. The number of carbonyl (C=O) groups is 1. The van der Waals surface area contributed by atoms with Gasteiger partial charge >= 0.3 is 0 Å². The maximum Gasteiger partial charge on any atom is 0.255 e. The first-order chi connectivity index (χ1) is 8.58. The Labute approximate surface area is 110 Å². The summed E-state index contributed by atoms with van der Waals surface area (Å²) in [4.78, 5) is 16.1. The molecule has 0 aliphatic rings. The lowest BCUT2D eigenvalue weighted by Crippen LogP contribution is -2.27. The number of aromatic nitrogens is 1. The number of nitrogen functional groups attached to an aromatic ring is 1. The molecule has 1 unspecified atom stereocenters. The number of nitrogens with zero attached hydrogens (tertiary/aromatic N) is 1. The number of aryl methyl sites for hydroxylation is 1. The van der Waals surface area contributed by atoms with Crippen LogP contribution in [0.15, 0.2) is 29.1 Å². The van der Waals surface area contributed by atoms with Crippen molar-refractivity contribution >= 4 is 22.9 Å². The maximum atomic E-state index is 12.1. The molecule has 2 aromatic rings. The SMILES string of the molecule is Cc1cc(N)c(C(=O)NC(C)c2ccsc2)cn1. The second kappa shape index (κ2) is 5.18. The van der Waals surface area contributed by atoms with E-state index in [-0.39, 0.29) is 11.9 Å². The summed E-state index contributed by atoms with van der Waals surface area (Å²) in [5.74, 6) is -0.196. The third-order valence-electron chi connectivity index (χ3n) is 2.71. The monoisotopic (exact) mass is 261 g/mol. The molecular weight excluding hydrogens is 246 g/mol. The molecule has 0 spiro atoms. The number of carbonyl (C=O) groups excluding carboxylic acids is 1. The third-order valence-corrected chi connectivity index (χ3v) is 3.41. The largest absolute Gasteiger partial charge is 0.398 e. The molecule has 0 bridgehead atoms. The first kappa shape index (κ1) is 12.6. The highest BCUT2D eigenvalue weighted by atomic mass is 32.1. The van der Waals surface area contributed by atoms with Gasteiger partial charge in [-0.2, -0.15) is 11.3 Å². The Morgan fingerprint density at radius 1 is 1.56 bits per heavy atom. The van der Waals surface area contributed by atoms with Gasteiger partial charge in [-0.25, -0.2) is 0 Å². The zero-order valence-electron chi connectivity index (χ0n) is 10.3. The molecule has 2 aromatic heterocycles. The molecule has 0 aromatic carbocycles. The highest BCUT2D eigenvalue weighted by molar-refractivity contribution is 7.07. The summed E-state index contributed by atoms with van der Waals surface area (Å²) in [5, 5.41) is 6.91. The van der Waals surface area contributed by atoms with E-state index < -0.39 is 0 Å². The number of pyridine rings is 1. The average molecular weight is 261 g/mol. The topological polar surface area (TPSA) is 68.0 Å². The van der Waals surface area contributed by atoms with Crippen molar-refractivity contribution in [3.05, 3.63) is 45.9 Å². The molecule has 0 aliphatic heterocycles. The van der Waals surface area contributed by atoms with E-state index in [1.807, 2.05) is 30.7 Å². The zero-order chi connectivity index (χ0) is 13.1. The molecule has 2 heterocycles. The van der Waals surface area contributed by atoms with Crippen LogP contribution in [0.1, 0.15) is 34.6 Å². The van der Waals surface area contributed by atoms with Crippen molar-refractivity contribution in [2.45, 2.75) is 19.9 Å². The molecule has 18 heavy (non-hydrogen) atoms. The molecule has 4 nitrogen and oxygen atoms in total. The van der Waals surface area contributed by atoms with Crippen molar-refractivity contribution in [3.63, 3.8) is 0 Å². The summed E-state index contributed by atoms with van der Waals surface area (Å²) in [6.45, 7) is 3.78. The van der Waals surface area contributed by atoms with Gasteiger partial charge in [0.05, 0.1) is 11.6 Å². The first-order valence-corrected chi connectivity index (χ1v) is 6.57. The first-order valence-electron chi connectivity index (χ1n) is 5.63. The average Bonchev–Trinajstić information content (AvgIpc) is 2.81. The molecule has 3 N–H and O–H groups in total. The summed E-state index contributed by atoms with van der Waals surface area (Å²) < 4.78 is 0. The number of nitrogens with two attached hydrogens (primary N) is 1. The van der Waals surface area contributed by atoms with Gasteiger partial charge in [0.2, 0.25) is 0 Å². The molecule has 0 saturated heterocycles. The summed E-state index contributed by atoms with van der Waals surface area (Å²) in [6, 6.07) is 3.65. The van der Waals surface area contributed by atoms with Crippen molar-refractivity contribution in [1.82, 2.24) is 10.3 Å². The lowest BCUT2D eigenvalue weighted by molar-refractivity contribution is 0.0940. The van der Waals surface area contributed by atoms with Crippen LogP contribution in [-0.4, -0.2) is 10.9 Å². The lowest BCUT2D eigenvalue weighted by Gasteiger charge is -2.13. The minimum Gasteiger partial charge on any atom is -0.398 e. The summed E-state index contributed by atoms with van der Waals surface area (Å²) in [5.41, 5.74) is 8.58. The summed E-state index contributed by atoms with van der Waals surface area (Å²) >= 11 is 1.61. The van der Waals surface area contributed by atoms with Crippen LogP contribution in [0, 0.1) is 6.92 Å². The molecule has 1 amide bonds. The van der Waals surface area contributed by atoms with Crippen LogP contribution in [0.3, 0.4) is 0 Å². The van der Waals surface area contributed by atoms with Crippen molar-refractivity contribution in [2.75, 3.05) is 5.73 Å². The quantitative estimate of drug-likeness (QED) is 0.892. The second-order valence-corrected chi connectivity index (χ2v) is 4.94. The van der Waals surface area contributed by atoms with Crippen LogP contribution < -0.4 is 11.1 Å². The lowest BCUT2D eigenvalue weighted by atomic mass is 10.1. The second-order valence-electron chi connectivity index (χ2n) is 4.16. The molecule has 0 fully saturated rings. The molecule has 5 heteroatoms. The van der Waals surface area contributed by atoms with Crippen LogP contribution in [0.4, 0.5) is 5.69 Å². The standard InChI is InChI=1S/C13H15N3OS/c1-8-5-12(14)11(6-15-8)13(17)16-9(2)10-3-4-18-7-10/h3-7,9H,1-2H3,(H2,14,15)(H,16,17). The van der Waals surface area contributed by atoms with Crippen LogP contribution in [0.5, 0.6) is 0 Å². The van der Waals surface area contributed by atoms with Crippen molar-refractivity contribution in [3.8, 4) is 0 Å². The number of amides is 1. The van der Waals surface area contributed by atoms with Crippen molar-refractivity contribution < 1.29 is 4.79 Å². The Balaban J connectivity index is 2.12. The normalized spacial score (nSPS) is 12.1. The van der Waals surface area contributed by atoms with E-state index >= 15 is 0 Å². The smallest absolute Gasteiger partial charge is 0.255 e. The van der Waals surface area contributed by atoms with Gasteiger partial charge in [-0.1, -0.05) is 0 Å². The summed E-state index contributed by atoms with van der Waals surface area (Å²) in [7, 11) is 0. The maximum absolute atomic E-state index is 12.1. The molecule has 0 aliphatic carbocycles. The van der Waals surface area contributed by atoms with Gasteiger partial charge in [0.15, 0.2) is 0 Å². The van der Waals surface area contributed by atoms with Gasteiger partial charge in [-0.3, -0.25) is 9.78 Å². The van der Waals surface area contributed by atoms with Crippen LogP contribution in [-0.2, 0) is 0 Å². The molecule has 1 atom stereocenters. The van der Waals surface area contributed by atoms with E-state index in [9.17, 15) is 4.79 Å². The van der Waals surface area contributed by atoms with E-state index in [1.54, 1.807) is 17.4 Å². The number of anilines is 1. The Kier molecular flexibility index (Phi) is 3.62. The minimum absolute atomic E-state index is 0.0375. The highest BCUT2D eigenvalue weighted by Crippen LogP contribution is 2.17. The fourth-order valence-corrected chi connectivity index (χ4v) is 2.40. The number of nitrogens with one attached hydrogen (secondary N) is 1. The molecule has 94 valence electrons. The van der Waals surface area contributed by atoms with E-state index in [4.69, 9.17) is 5.73 Å². The van der Waals surface area contributed by atoms with Crippen LogP contribution in [0.25, 0.3) is 0 Å². The minimum atomic E-state index is -0.196. The highest BCUT2D eigenvalue weighted by Gasteiger charge is 2.14. The Morgan fingerprint density at radius 3 is 2.94 bits per heavy atom. The van der Waals surface area contributed by atoms with Crippen molar-refractivity contribution in [1.29, 1.82) is 0 Å². The van der Waals surface area contributed by atoms with Crippen molar-refractivity contribution in [2.24, 2.45) is 0 Å². The van der Waals surface area contributed by atoms with Gasteiger partial charge in [0.25, 0.3) is 5.91 Å². The zero-order valence-corrected chi connectivity index (χ0v) is 11.1. The molecule has 0 saturated carbocycles. The van der Waals surface area contributed by atoms with Gasteiger partial charge in [-0.05, 0) is 42.3 Å². The molecular formula is C13H15N3OS. The van der Waals surface area contributed by atoms with Gasteiger partial charge in [-0.15, -0.1) is 0 Å². The van der Waals surface area contributed by atoms with Crippen LogP contribution >= 0.6 is 11.3 Å². The van der Waals surface area contributed by atoms with E-state index in [1.165, 1.54) is 6.20 Å². The van der Waals surface area contributed by atoms with E-state index in [0.717, 1.165) is 11.3 Å².